The Labute approximate surface area is 82.3 Å². The van der Waals surface area contributed by atoms with Gasteiger partial charge in [-0.15, -0.1) is 22.9 Å². The van der Waals surface area contributed by atoms with Gasteiger partial charge in [0.2, 0.25) is 0 Å². The molecular weight excluding hydrogens is 192 g/mol. The zero-order chi connectivity index (χ0) is 8.81. The fraction of sp³-hybridized carbons (Fsp3) is 0.556. The van der Waals surface area contributed by atoms with Crippen molar-refractivity contribution < 1.29 is 4.74 Å². The molecule has 1 unspecified atom stereocenters. The standard InChI is InChI=1S/C9H13ClOS/c1-11-5-4-8(10)7-9-3-2-6-12-9/h2-3,6,8H,4-5,7H2,1H3. The number of hydrogen-bond acceptors (Lipinski definition) is 2. The highest BCUT2D eigenvalue weighted by molar-refractivity contribution is 7.09. The van der Waals surface area contributed by atoms with Crippen LogP contribution in [0.2, 0.25) is 0 Å². The van der Waals surface area contributed by atoms with Crippen LogP contribution in [0.4, 0.5) is 0 Å². The van der Waals surface area contributed by atoms with Crippen molar-refractivity contribution in [2.24, 2.45) is 0 Å². The van der Waals surface area contributed by atoms with E-state index in [9.17, 15) is 0 Å². The van der Waals surface area contributed by atoms with E-state index in [-0.39, 0.29) is 5.38 Å². The molecule has 0 saturated heterocycles. The number of halogens is 1. The minimum Gasteiger partial charge on any atom is -0.385 e. The van der Waals surface area contributed by atoms with E-state index in [2.05, 4.69) is 17.5 Å². The van der Waals surface area contributed by atoms with Crippen molar-refractivity contribution in [2.45, 2.75) is 18.2 Å². The zero-order valence-electron chi connectivity index (χ0n) is 7.13. The highest BCUT2D eigenvalue weighted by Crippen LogP contribution is 2.15. The Morgan fingerprint density at radius 2 is 2.50 bits per heavy atom. The summed E-state index contributed by atoms with van der Waals surface area (Å²) in [7, 11) is 1.70. The van der Waals surface area contributed by atoms with E-state index in [0.29, 0.717) is 0 Å². The molecule has 0 fully saturated rings. The van der Waals surface area contributed by atoms with E-state index in [1.165, 1.54) is 4.88 Å². The Morgan fingerprint density at radius 3 is 3.08 bits per heavy atom. The molecule has 1 atom stereocenters. The molecule has 0 amide bonds. The third kappa shape index (κ3) is 3.57. The van der Waals surface area contributed by atoms with Gasteiger partial charge in [0, 0.05) is 24.0 Å². The van der Waals surface area contributed by atoms with E-state index in [0.717, 1.165) is 19.4 Å². The number of thiophene rings is 1. The summed E-state index contributed by atoms with van der Waals surface area (Å²) in [6, 6.07) is 4.17. The average Bonchev–Trinajstić information content (AvgIpc) is 2.53. The van der Waals surface area contributed by atoms with E-state index in [4.69, 9.17) is 16.3 Å². The Kier molecular flexibility index (Phi) is 4.66. The molecular formula is C9H13ClOS. The average molecular weight is 205 g/mol. The number of ether oxygens (including phenoxy) is 1. The molecule has 0 radical (unpaired) electrons. The minimum atomic E-state index is 0.212. The maximum atomic E-state index is 6.08. The highest BCUT2D eigenvalue weighted by atomic mass is 35.5. The van der Waals surface area contributed by atoms with Crippen LogP contribution in [-0.2, 0) is 11.2 Å². The molecule has 1 heterocycles. The van der Waals surface area contributed by atoms with Gasteiger partial charge in [0.15, 0.2) is 0 Å². The summed E-state index contributed by atoms with van der Waals surface area (Å²) in [5, 5.41) is 2.29. The van der Waals surface area contributed by atoms with Gasteiger partial charge in [-0.25, -0.2) is 0 Å². The van der Waals surface area contributed by atoms with Crippen LogP contribution in [0.1, 0.15) is 11.3 Å². The first-order valence-corrected chi connectivity index (χ1v) is 5.30. The second-order valence-electron chi connectivity index (χ2n) is 2.66. The van der Waals surface area contributed by atoms with Crippen LogP contribution in [-0.4, -0.2) is 19.1 Å². The predicted octanol–water partition coefficient (Wildman–Crippen LogP) is 2.93. The minimum absolute atomic E-state index is 0.212. The molecule has 1 nitrogen and oxygen atoms in total. The lowest BCUT2D eigenvalue weighted by Gasteiger charge is -2.06. The van der Waals surface area contributed by atoms with Gasteiger partial charge in [-0.05, 0) is 24.3 Å². The van der Waals surface area contributed by atoms with Gasteiger partial charge in [0.25, 0.3) is 0 Å². The van der Waals surface area contributed by atoms with Crippen LogP contribution >= 0.6 is 22.9 Å². The van der Waals surface area contributed by atoms with Crippen LogP contribution < -0.4 is 0 Å². The summed E-state index contributed by atoms with van der Waals surface area (Å²) in [6.07, 6.45) is 1.89. The molecule has 68 valence electrons. The topological polar surface area (TPSA) is 9.23 Å². The number of rotatable bonds is 5. The smallest absolute Gasteiger partial charge is 0.0476 e. The summed E-state index contributed by atoms with van der Waals surface area (Å²) in [4.78, 5) is 1.35. The van der Waals surface area contributed by atoms with Crippen LogP contribution in [0.5, 0.6) is 0 Å². The number of hydrogen-bond donors (Lipinski definition) is 0. The van der Waals surface area contributed by atoms with Crippen molar-refractivity contribution in [3.63, 3.8) is 0 Å². The molecule has 0 aliphatic heterocycles. The second kappa shape index (κ2) is 5.57. The molecule has 1 aromatic heterocycles. The molecule has 0 aliphatic carbocycles. The van der Waals surface area contributed by atoms with Crippen molar-refractivity contribution in [2.75, 3.05) is 13.7 Å². The van der Waals surface area contributed by atoms with Crippen molar-refractivity contribution in [3.8, 4) is 0 Å². The predicted molar refractivity (Wildman–Crippen MR) is 54.2 cm³/mol. The SMILES string of the molecule is COCCC(Cl)Cc1cccs1. The molecule has 1 aromatic rings. The van der Waals surface area contributed by atoms with Crippen LogP contribution in [0.15, 0.2) is 17.5 Å². The first kappa shape index (κ1) is 10.0. The summed E-state index contributed by atoms with van der Waals surface area (Å²) < 4.78 is 4.95. The lowest BCUT2D eigenvalue weighted by atomic mass is 10.2. The van der Waals surface area contributed by atoms with Crippen LogP contribution in [0.25, 0.3) is 0 Å². The molecule has 1 rings (SSSR count). The lowest BCUT2D eigenvalue weighted by molar-refractivity contribution is 0.194. The van der Waals surface area contributed by atoms with Crippen LogP contribution in [0, 0.1) is 0 Å². The van der Waals surface area contributed by atoms with Crippen LogP contribution in [0.3, 0.4) is 0 Å². The van der Waals surface area contributed by atoms with Gasteiger partial charge >= 0.3 is 0 Å². The Bertz CT molecular complexity index is 198. The number of methoxy groups -OCH3 is 1. The fourth-order valence-corrected chi connectivity index (χ4v) is 2.13. The third-order valence-corrected chi connectivity index (χ3v) is 2.91. The Morgan fingerprint density at radius 1 is 1.67 bits per heavy atom. The molecule has 0 saturated carbocycles. The van der Waals surface area contributed by atoms with Gasteiger partial charge in [0.05, 0.1) is 0 Å². The van der Waals surface area contributed by atoms with E-state index < -0.39 is 0 Å². The van der Waals surface area contributed by atoms with Crippen molar-refractivity contribution in [1.29, 1.82) is 0 Å². The molecule has 0 aliphatic rings. The Hall–Kier alpha value is -0.0500. The first-order valence-electron chi connectivity index (χ1n) is 3.98. The highest BCUT2D eigenvalue weighted by Gasteiger charge is 2.05. The summed E-state index contributed by atoms with van der Waals surface area (Å²) in [5.74, 6) is 0. The summed E-state index contributed by atoms with van der Waals surface area (Å²) in [5.41, 5.74) is 0. The lowest BCUT2D eigenvalue weighted by Crippen LogP contribution is -2.05. The monoisotopic (exact) mass is 204 g/mol. The largest absolute Gasteiger partial charge is 0.385 e. The quantitative estimate of drug-likeness (QED) is 0.671. The molecule has 0 N–H and O–H groups in total. The van der Waals surface area contributed by atoms with E-state index in [1.807, 2.05) is 0 Å². The number of alkyl halides is 1. The van der Waals surface area contributed by atoms with Crippen molar-refractivity contribution in [3.05, 3.63) is 22.4 Å². The maximum absolute atomic E-state index is 6.08. The van der Waals surface area contributed by atoms with E-state index in [1.54, 1.807) is 18.4 Å². The van der Waals surface area contributed by atoms with E-state index >= 15 is 0 Å². The second-order valence-corrected chi connectivity index (χ2v) is 4.31. The summed E-state index contributed by atoms with van der Waals surface area (Å²) in [6.45, 7) is 0.750. The maximum Gasteiger partial charge on any atom is 0.0476 e. The molecule has 0 aromatic carbocycles. The van der Waals surface area contributed by atoms with Gasteiger partial charge in [-0.1, -0.05) is 6.07 Å². The molecule has 3 heteroatoms. The van der Waals surface area contributed by atoms with Gasteiger partial charge < -0.3 is 4.74 Å². The first-order chi connectivity index (χ1) is 5.83. The van der Waals surface area contributed by atoms with Gasteiger partial charge in [-0.3, -0.25) is 0 Å². The zero-order valence-corrected chi connectivity index (χ0v) is 8.70. The van der Waals surface area contributed by atoms with Crippen molar-refractivity contribution >= 4 is 22.9 Å². The molecule has 0 bridgehead atoms. The normalized spacial score (nSPS) is 13.2. The summed E-state index contributed by atoms with van der Waals surface area (Å²) >= 11 is 7.84. The van der Waals surface area contributed by atoms with Gasteiger partial charge in [0.1, 0.15) is 0 Å². The Balaban J connectivity index is 2.22. The van der Waals surface area contributed by atoms with Gasteiger partial charge in [-0.2, -0.15) is 0 Å². The fourth-order valence-electron chi connectivity index (χ4n) is 0.995. The molecule has 0 spiro atoms. The van der Waals surface area contributed by atoms with Crippen molar-refractivity contribution in [1.82, 2.24) is 0 Å². The molecule has 12 heavy (non-hydrogen) atoms. The third-order valence-electron chi connectivity index (χ3n) is 1.64.